The van der Waals surface area contributed by atoms with Crippen molar-refractivity contribution in [1.29, 1.82) is 0 Å². The molecule has 2 fully saturated rings. The van der Waals surface area contributed by atoms with Crippen molar-refractivity contribution in [2.24, 2.45) is 17.1 Å². The molecule has 22 heavy (non-hydrogen) atoms. The molecule has 1 heteroatoms. The van der Waals surface area contributed by atoms with Gasteiger partial charge in [-0.2, -0.15) is 0 Å². The lowest BCUT2D eigenvalue weighted by Crippen LogP contribution is -2.31. The van der Waals surface area contributed by atoms with Gasteiger partial charge in [-0.1, -0.05) is 45.0 Å². The zero-order valence-electron chi connectivity index (χ0n) is 14.9. The van der Waals surface area contributed by atoms with E-state index in [4.69, 9.17) is 5.73 Å². The fourth-order valence-corrected chi connectivity index (χ4v) is 4.54. The second kappa shape index (κ2) is 5.67. The Morgan fingerprint density at radius 1 is 1.09 bits per heavy atom. The fourth-order valence-electron chi connectivity index (χ4n) is 4.54. The van der Waals surface area contributed by atoms with Crippen LogP contribution in [-0.4, -0.2) is 6.04 Å². The van der Waals surface area contributed by atoms with Crippen molar-refractivity contribution in [1.82, 2.24) is 0 Å². The topological polar surface area (TPSA) is 26.0 Å². The van der Waals surface area contributed by atoms with E-state index in [-0.39, 0.29) is 6.04 Å². The van der Waals surface area contributed by atoms with E-state index < -0.39 is 0 Å². The molecule has 2 saturated carbocycles. The Morgan fingerprint density at radius 3 is 2.23 bits per heavy atom. The zero-order chi connectivity index (χ0) is 16.0. The molecule has 1 unspecified atom stereocenters. The molecular formula is C21H33N. The molecule has 0 aliphatic heterocycles. The van der Waals surface area contributed by atoms with Crippen LogP contribution in [0, 0.1) is 11.3 Å². The van der Waals surface area contributed by atoms with Crippen molar-refractivity contribution < 1.29 is 0 Å². The van der Waals surface area contributed by atoms with Gasteiger partial charge in [-0.3, -0.25) is 0 Å². The van der Waals surface area contributed by atoms with Gasteiger partial charge in [0.1, 0.15) is 0 Å². The second-order valence-corrected chi connectivity index (χ2v) is 8.98. The third-order valence-electron chi connectivity index (χ3n) is 6.55. The van der Waals surface area contributed by atoms with Gasteiger partial charge >= 0.3 is 0 Å². The number of benzene rings is 1. The Bertz CT molecular complexity index is 511. The monoisotopic (exact) mass is 299 g/mol. The van der Waals surface area contributed by atoms with Gasteiger partial charge in [0.25, 0.3) is 0 Å². The average Bonchev–Trinajstić information content (AvgIpc) is 3.28. The van der Waals surface area contributed by atoms with Gasteiger partial charge in [0.2, 0.25) is 0 Å². The van der Waals surface area contributed by atoms with Crippen molar-refractivity contribution in [3.05, 3.63) is 35.4 Å². The fraction of sp³-hybridized carbons (Fsp3) is 0.714. The molecule has 2 aliphatic rings. The summed E-state index contributed by atoms with van der Waals surface area (Å²) in [7, 11) is 0. The van der Waals surface area contributed by atoms with E-state index >= 15 is 0 Å². The minimum Gasteiger partial charge on any atom is -0.327 e. The first-order valence-corrected chi connectivity index (χ1v) is 9.19. The Morgan fingerprint density at radius 2 is 1.73 bits per heavy atom. The standard InChI is InChI=1S/C21H33N/c1-15(22)21(12-13-21)19-7-5-6-17(14-19)16-8-10-18(11-9-16)20(2,3)4/h5-7,14-16,18H,8-13,22H2,1-4H3. The van der Waals surface area contributed by atoms with E-state index in [1.807, 2.05) is 0 Å². The predicted octanol–water partition coefficient (Wildman–Crippen LogP) is 5.39. The summed E-state index contributed by atoms with van der Waals surface area (Å²) in [5.74, 6) is 1.66. The summed E-state index contributed by atoms with van der Waals surface area (Å²) in [5.41, 5.74) is 10.1. The van der Waals surface area contributed by atoms with Gasteiger partial charge in [-0.05, 0) is 73.8 Å². The van der Waals surface area contributed by atoms with Crippen LogP contribution < -0.4 is 5.73 Å². The summed E-state index contributed by atoms with van der Waals surface area (Å²) in [6, 6.07) is 9.68. The molecule has 122 valence electrons. The maximum absolute atomic E-state index is 6.26. The number of hydrogen-bond donors (Lipinski definition) is 1. The van der Waals surface area contributed by atoms with Gasteiger partial charge in [-0.25, -0.2) is 0 Å². The summed E-state index contributed by atoms with van der Waals surface area (Å²) in [6.45, 7) is 9.38. The van der Waals surface area contributed by atoms with Crippen LogP contribution in [0.1, 0.15) is 83.3 Å². The molecule has 0 radical (unpaired) electrons. The highest BCUT2D eigenvalue weighted by Gasteiger charge is 2.47. The lowest BCUT2D eigenvalue weighted by molar-refractivity contribution is 0.169. The van der Waals surface area contributed by atoms with Crippen molar-refractivity contribution in [3.63, 3.8) is 0 Å². The van der Waals surface area contributed by atoms with Gasteiger partial charge in [0, 0.05) is 11.5 Å². The summed E-state index contributed by atoms with van der Waals surface area (Å²) in [4.78, 5) is 0. The molecule has 0 aromatic heterocycles. The Kier molecular flexibility index (Phi) is 4.14. The maximum atomic E-state index is 6.26. The molecular weight excluding hydrogens is 266 g/mol. The van der Waals surface area contributed by atoms with Crippen LogP contribution in [0.15, 0.2) is 24.3 Å². The quantitative estimate of drug-likeness (QED) is 0.796. The van der Waals surface area contributed by atoms with Crippen molar-refractivity contribution in [2.45, 2.75) is 83.6 Å². The molecule has 0 saturated heterocycles. The molecule has 0 bridgehead atoms. The summed E-state index contributed by atoms with van der Waals surface area (Å²) >= 11 is 0. The normalized spacial score (nSPS) is 29.1. The number of hydrogen-bond acceptors (Lipinski definition) is 1. The Labute approximate surface area is 136 Å². The molecule has 1 atom stereocenters. The van der Waals surface area contributed by atoms with Crippen LogP contribution in [0.25, 0.3) is 0 Å². The van der Waals surface area contributed by atoms with Gasteiger partial charge in [-0.15, -0.1) is 0 Å². The van der Waals surface area contributed by atoms with Crippen LogP contribution in [0.4, 0.5) is 0 Å². The smallest absolute Gasteiger partial charge is 0.0108 e. The zero-order valence-corrected chi connectivity index (χ0v) is 14.9. The number of nitrogens with two attached hydrogens (primary N) is 1. The molecule has 0 spiro atoms. The average molecular weight is 300 g/mol. The van der Waals surface area contributed by atoms with E-state index in [1.54, 1.807) is 5.56 Å². The molecule has 2 aliphatic carbocycles. The summed E-state index contributed by atoms with van der Waals surface area (Å²) in [6.07, 6.45) is 8.02. The molecule has 0 amide bonds. The third-order valence-corrected chi connectivity index (χ3v) is 6.55. The van der Waals surface area contributed by atoms with E-state index in [1.165, 1.54) is 44.1 Å². The lowest BCUT2D eigenvalue weighted by Gasteiger charge is -2.37. The van der Waals surface area contributed by atoms with Crippen molar-refractivity contribution >= 4 is 0 Å². The summed E-state index contributed by atoms with van der Waals surface area (Å²) in [5, 5.41) is 0. The minimum absolute atomic E-state index is 0.277. The van der Waals surface area contributed by atoms with E-state index in [2.05, 4.69) is 52.0 Å². The first-order chi connectivity index (χ1) is 10.3. The Hall–Kier alpha value is -0.820. The Balaban J connectivity index is 1.72. The molecule has 1 aromatic rings. The SMILES string of the molecule is CC(N)C1(c2cccc(C3CCC(C(C)(C)C)CC3)c2)CC1. The summed E-state index contributed by atoms with van der Waals surface area (Å²) < 4.78 is 0. The predicted molar refractivity (Wildman–Crippen MR) is 95.2 cm³/mol. The van der Waals surface area contributed by atoms with E-state index in [0.717, 1.165) is 11.8 Å². The van der Waals surface area contributed by atoms with Crippen LogP contribution >= 0.6 is 0 Å². The van der Waals surface area contributed by atoms with Gasteiger partial charge < -0.3 is 5.73 Å². The van der Waals surface area contributed by atoms with Crippen LogP contribution in [-0.2, 0) is 5.41 Å². The molecule has 0 heterocycles. The van der Waals surface area contributed by atoms with Crippen LogP contribution in [0.2, 0.25) is 0 Å². The third kappa shape index (κ3) is 2.97. The highest BCUT2D eigenvalue weighted by molar-refractivity contribution is 5.37. The molecule has 3 rings (SSSR count). The highest BCUT2D eigenvalue weighted by atomic mass is 14.7. The van der Waals surface area contributed by atoms with E-state index in [9.17, 15) is 0 Å². The first-order valence-electron chi connectivity index (χ1n) is 9.19. The van der Waals surface area contributed by atoms with Gasteiger partial charge in [0.15, 0.2) is 0 Å². The van der Waals surface area contributed by atoms with Crippen LogP contribution in [0.3, 0.4) is 0 Å². The van der Waals surface area contributed by atoms with Crippen LogP contribution in [0.5, 0.6) is 0 Å². The maximum Gasteiger partial charge on any atom is 0.0108 e. The molecule has 1 nitrogen and oxygen atoms in total. The van der Waals surface area contributed by atoms with E-state index in [0.29, 0.717) is 10.8 Å². The van der Waals surface area contributed by atoms with Gasteiger partial charge in [0.05, 0.1) is 0 Å². The first kappa shape index (κ1) is 16.1. The highest BCUT2D eigenvalue weighted by Crippen LogP contribution is 2.51. The lowest BCUT2D eigenvalue weighted by atomic mass is 9.68. The second-order valence-electron chi connectivity index (χ2n) is 8.98. The largest absolute Gasteiger partial charge is 0.327 e. The number of rotatable bonds is 3. The minimum atomic E-state index is 0.277. The van der Waals surface area contributed by atoms with Crippen molar-refractivity contribution in [3.8, 4) is 0 Å². The molecule has 2 N–H and O–H groups in total. The molecule has 1 aromatic carbocycles. The van der Waals surface area contributed by atoms with Crippen molar-refractivity contribution in [2.75, 3.05) is 0 Å².